The van der Waals surface area contributed by atoms with Crippen molar-refractivity contribution in [3.63, 3.8) is 0 Å². The van der Waals surface area contributed by atoms with Crippen LogP contribution in [0.5, 0.6) is 0 Å². The van der Waals surface area contributed by atoms with Gasteiger partial charge in [-0.15, -0.1) is 0 Å². The Morgan fingerprint density at radius 2 is 1.88 bits per heavy atom. The molecule has 3 aromatic heterocycles. The van der Waals surface area contributed by atoms with Crippen LogP contribution in [0.3, 0.4) is 0 Å². The number of hydrogen-bond acceptors (Lipinski definition) is 3. The molecule has 4 aromatic rings. The van der Waals surface area contributed by atoms with Crippen molar-refractivity contribution in [1.29, 1.82) is 0 Å². The number of hydrogen-bond donors (Lipinski definition) is 0. The summed E-state index contributed by atoms with van der Waals surface area (Å²) >= 11 is 0. The number of fused-ring (bicyclic) bond motifs is 1. The Morgan fingerprint density at radius 1 is 1.04 bits per heavy atom. The average Bonchev–Trinajstić information content (AvgIpc) is 3.05. The molecular weight excluding hydrogens is 334 g/mol. The van der Waals surface area contributed by atoms with Gasteiger partial charge in [0.25, 0.3) is 0 Å². The van der Waals surface area contributed by atoms with Crippen LogP contribution in [0.15, 0.2) is 61.2 Å². The molecular formula is C20H16F2N4. The maximum atomic E-state index is 14.3. The second-order valence-corrected chi connectivity index (χ2v) is 6.54. The lowest BCUT2D eigenvalue weighted by Crippen LogP contribution is -2.12. The van der Waals surface area contributed by atoms with E-state index in [2.05, 4.69) is 15.0 Å². The molecule has 6 heteroatoms. The Hall–Kier alpha value is -3.15. The van der Waals surface area contributed by atoms with Crippen LogP contribution in [0.1, 0.15) is 19.5 Å². The molecule has 0 spiro atoms. The summed E-state index contributed by atoms with van der Waals surface area (Å²) in [5, 5.41) is 0. The first-order valence-electron chi connectivity index (χ1n) is 8.17. The molecule has 0 radical (unpaired) electrons. The third-order valence-electron chi connectivity index (χ3n) is 4.22. The summed E-state index contributed by atoms with van der Waals surface area (Å²) in [6.07, 6.45) is 6.64. The summed E-state index contributed by atoms with van der Waals surface area (Å²) in [4.78, 5) is 12.6. The van der Waals surface area contributed by atoms with Crippen molar-refractivity contribution in [3.8, 4) is 22.4 Å². The second kappa shape index (κ2) is 5.98. The lowest BCUT2D eigenvalue weighted by molar-refractivity contribution is 0.214. The summed E-state index contributed by atoms with van der Waals surface area (Å²) in [5.74, 6) is 0.0747. The Morgan fingerprint density at radius 3 is 2.62 bits per heavy atom. The highest BCUT2D eigenvalue weighted by atomic mass is 19.1. The van der Waals surface area contributed by atoms with Crippen molar-refractivity contribution in [1.82, 2.24) is 19.4 Å². The number of rotatable bonds is 3. The Kier molecular flexibility index (Phi) is 3.76. The molecule has 0 N–H and O–H groups in total. The molecule has 0 saturated heterocycles. The molecule has 0 fully saturated rings. The van der Waals surface area contributed by atoms with E-state index in [0.717, 1.165) is 11.3 Å². The molecule has 0 atom stereocenters. The maximum Gasteiger partial charge on any atom is 0.234 e. The predicted molar refractivity (Wildman–Crippen MR) is 95.7 cm³/mol. The SMILES string of the molecule is CC(C)(F)c1ccn2c(-c3ccc(F)c(-c4cccnc4)c3)cnc2n1. The largest absolute Gasteiger partial charge is 0.284 e. The normalized spacial score (nSPS) is 11.8. The molecule has 0 aliphatic heterocycles. The van der Waals surface area contributed by atoms with E-state index < -0.39 is 5.67 Å². The van der Waals surface area contributed by atoms with Crippen molar-refractivity contribution < 1.29 is 8.78 Å². The minimum Gasteiger partial charge on any atom is -0.284 e. The maximum absolute atomic E-state index is 14.3. The van der Waals surface area contributed by atoms with E-state index >= 15 is 0 Å². The summed E-state index contributed by atoms with van der Waals surface area (Å²) in [6, 6.07) is 10.1. The molecule has 130 valence electrons. The fourth-order valence-corrected chi connectivity index (χ4v) is 2.84. The summed E-state index contributed by atoms with van der Waals surface area (Å²) in [7, 11) is 0. The van der Waals surface area contributed by atoms with E-state index in [0.29, 0.717) is 22.6 Å². The zero-order valence-corrected chi connectivity index (χ0v) is 14.3. The van der Waals surface area contributed by atoms with E-state index in [4.69, 9.17) is 0 Å². The van der Waals surface area contributed by atoms with E-state index in [-0.39, 0.29) is 5.82 Å². The topological polar surface area (TPSA) is 43.1 Å². The first kappa shape index (κ1) is 16.3. The van der Waals surface area contributed by atoms with Gasteiger partial charge in [-0.1, -0.05) is 6.07 Å². The quantitative estimate of drug-likeness (QED) is 0.533. The van der Waals surface area contributed by atoms with Crippen molar-refractivity contribution in [2.45, 2.75) is 19.5 Å². The van der Waals surface area contributed by atoms with Crippen LogP contribution in [0, 0.1) is 5.82 Å². The van der Waals surface area contributed by atoms with Crippen LogP contribution in [-0.4, -0.2) is 19.4 Å². The zero-order chi connectivity index (χ0) is 18.3. The Labute approximate surface area is 149 Å². The standard InChI is InChI=1S/C20H16F2N4/c1-20(2,22)18-7-9-26-17(12-24-19(26)25-18)13-5-6-16(21)15(10-13)14-4-3-8-23-11-14/h3-12H,1-2H3. The molecule has 0 aliphatic rings. The Balaban J connectivity index is 1.84. The van der Waals surface area contributed by atoms with Crippen molar-refractivity contribution >= 4 is 5.78 Å². The zero-order valence-electron chi connectivity index (χ0n) is 14.3. The van der Waals surface area contributed by atoms with E-state index in [1.165, 1.54) is 19.9 Å². The van der Waals surface area contributed by atoms with E-state index in [1.54, 1.807) is 59.5 Å². The van der Waals surface area contributed by atoms with Crippen molar-refractivity contribution in [3.05, 3.63) is 72.7 Å². The van der Waals surface area contributed by atoms with Crippen LogP contribution in [0.2, 0.25) is 0 Å². The van der Waals surface area contributed by atoms with Gasteiger partial charge in [-0.05, 0) is 44.2 Å². The fourth-order valence-electron chi connectivity index (χ4n) is 2.84. The molecule has 4 nitrogen and oxygen atoms in total. The van der Waals surface area contributed by atoms with Gasteiger partial charge >= 0.3 is 0 Å². The van der Waals surface area contributed by atoms with Gasteiger partial charge in [-0.2, -0.15) is 0 Å². The smallest absolute Gasteiger partial charge is 0.234 e. The molecule has 4 rings (SSSR count). The third kappa shape index (κ3) is 2.83. The van der Waals surface area contributed by atoms with Crippen LogP contribution >= 0.6 is 0 Å². The van der Waals surface area contributed by atoms with Gasteiger partial charge < -0.3 is 0 Å². The van der Waals surface area contributed by atoms with Gasteiger partial charge in [0, 0.05) is 35.3 Å². The van der Waals surface area contributed by atoms with Crippen LogP contribution < -0.4 is 0 Å². The van der Waals surface area contributed by atoms with Crippen LogP contribution in [0.4, 0.5) is 8.78 Å². The second-order valence-electron chi connectivity index (χ2n) is 6.54. The average molecular weight is 350 g/mol. The third-order valence-corrected chi connectivity index (χ3v) is 4.22. The highest BCUT2D eigenvalue weighted by Crippen LogP contribution is 2.29. The number of aromatic nitrogens is 4. The minimum atomic E-state index is -1.54. The van der Waals surface area contributed by atoms with Gasteiger partial charge in [0.05, 0.1) is 17.6 Å². The molecule has 3 heterocycles. The summed E-state index contributed by atoms with van der Waals surface area (Å²) < 4.78 is 30.2. The molecule has 0 unspecified atom stereocenters. The summed E-state index contributed by atoms with van der Waals surface area (Å²) in [5.41, 5.74) is 1.46. The van der Waals surface area contributed by atoms with E-state index in [9.17, 15) is 8.78 Å². The number of imidazole rings is 1. The molecule has 0 bridgehead atoms. The molecule has 26 heavy (non-hydrogen) atoms. The predicted octanol–water partition coefficient (Wildman–Crippen LogP) is 4.80. The lowest BCUT2D eigenvalue weighted by atomic mass is 10.0. The highest BCUT2D eigenvalue weighted by molar-refractivity contribution is 5.72. The highest BCUT2D eigenvalue weighted by Gasteiger charge is 2.21. The first-order valence-corrected chi connectivity index (χ1v) is 8.17. The number of benzene rings is 1. The number of alkyl halides is 1. The van der Waals surface area contributed by atoms with Gasteiger partial charge in [0.15, 0.2) is 0 Å². The monoisotopic (exact) mass is 350 g/mol. The number of halogens is 2. The number of pyridine rings is 1. The first-order chi connectivity index (χ1) is 12.4. The van der Waals surface area contributed by atoms with Crippen LogP contribution in [0.25, 0.3) is 28.2 Å². The van der Waals surface area contributed by atoms with Crippen LogP contribution in [-0.2, 0) is 5.67 Å². The molecule has 1 aromatic carbocycles. The molecule has 0 aliphatic carbocycles. The van der Waals surface area contributed by atoms with Crippen molar-refractivity contribution in [2.75, 3.05) is 0 Å². The minimum absolute atomic E-state index is 0.317. The summed E-state index contributed by atoms with van der Waals surface area (Å²) in [6.45, 7) is 2.91. The van der Waals surface area contributed by atoms with E-state index in [1.807, 2.05) is 0 Å². The lowest BCUT2D eigenvalue weighted by Gasteiger charge is -2.13. The Bertz CT molecular complexity index is 1080. The van der Waals surface area contributed by atoms with Gasteiger partial charge in [-0.3, -0.25) is 9.38 Å². The fraction of sp³-hybridized carbons (Fsp3) is 0.150. The molecule has 0 amide bonds. The molecule has 0 saturated carbocycles. The van der Waals surface area contributed by atoms with Gasteiger partial charge in [-0.25, -0.2) is 18.7 Å². The van der Waals surface area contributed by atoms with Gasteiger partial charge in [0.1, 0.15) is 11.5 Å². The van der Waals surface area contributed by atoms with Crippen molar-refractivity contribution in [2.24, 2.45) is 0 Å². The number of nitrogens with zero attached hydrogens (tertiary/aromatic N) is 4. The van der Waals surface area contributed by atoms with Gasteiger partial charge in [0.2, 0.25) is 5.78 Å².